The highest BCUT2D eigenvalue weighted by Crippen LogP contribution is 2.33. The maximum Gasteiger partial charge on any atom is 0.339 e. The molecule has 0 N–H and O–H groups in total. The lowest BCUT2D eigenvalue weighted by atomic mass is 10.0. The summed E-state index contributed by atoms with van der Waals surface area (Å²) in [5, 5.41) is 0. The lowest BCUT2D eigenvalue weighted by Crippen LogP contribution is -2.08. The van der Waals surface area contributed by atoms with Gasteiger partial charge in [0.25, 0.3) is 0 Å². The Balaban J connectivity index is 2.30. The van der Waals surface area contributed by atoms with Gasteiger partial charge in [-0.3, -0.25) is 4.79 Å². The summed E-state index contributed by atoms with van der Waals surface area (Å²) in [7, 11) is 1.24. The van der Waals surface area contributed by atoms with E-state index in [-0.39, 0.29) is 6.42 Å². The topological polar surface area (TPSA) is 52.6 Å². The van der Waals surface area contributed by atoms with Gasteiger partial charge in [-0.15, -0.1) is 0 Å². The standard InChI is InChI=1S/C11H9FO4/c1-15-10(13)5-9-8-4-6(12)2-3-7(8)11(14)16-9/h2-4,9H,5H2,1H3. The van der Waals surface area contributed by atoms with Gasteiger partial charge in [0, 0.05) is 5.56 Å². The number of cyclic esters (lactones) is 1. The largest absolute Gasteiger partial charge is 0.469 e. The average Bonchev–Trinajstić information content (AvgIpc) is 2.55. The molecular formula is C11H9FO4. The van der Waals surface area contributed by atoms with Crippen molar-refractivity contribution in [3.63, 3.8) is 0 Å². The number of hydrogen-bond acceptors (Lipinski definition) is 4. The summed E-state index contributed by atoms with van der Waals surface area (Å²) in [6, 6.07) is 3.73. The van der Waals surface area contributed by atoms with E-state index in [1.54, 1.807) is 0 Å². The van der Waals surface area contributed by atoms with Gasteiger partial charge >= 0.3 is 11.9 Å². The van der Waals surface area contributed by atoms with Crippen molar-refractivity contribution in [3.05, 3.63) is 35.1 Å². The van der Waals surface area contributed by atoms with E-state index in [2.05, 4.69) is 4.74 Å². The molecule has 1 aromatic carbocycles. The number of carbonyl (C=O) groups is 2. The van der Waals surface area contributed by atoms with Crippen LogP contribution in [-0.2, 0) is 14.3 Å². The number of fused-ring (bicyclic) bond motifs is 1. The van der Waals surface area contributed by atoms with Crippen LogP contribution in [0.5, 0.6) is 0 Å². The molecule has 1 unspecified atom stereocenters. The molecule has 0 saturated carbocycles. The molecule has 1 atom stereocenters. The Bertz CT molecular complexity index is 455. The molecule has 2 rings (SSSR count). The van der Waals surface area contributed by atoms with E-state index in [0.717, 1.165) is 0 Å². The van der Waals surface area contributed by atoms with Crippen LogP contribution in [-0.4, -0.2) is 19.0 Å². The Labute approximate surface area is 91.0 Å². The van der Waals surface area contributed by atoms with Crippen LogP contribution in [0.3, 0.4) is 0 Å². The molecule has 0 aliphatic carbocycles. The number of carbonyl (C=O) groups excluding carboxylic acids is 2. The van der Waals surface area contributed by atoms with Gasteiger partial charge in [0.2, 0.25) is 0 Å². The van der Waals surface area contributed by atoms with Gasteiger partial charge in [-0.1, -0.05) is 0 Å². The minimum absolute atomic E-state index is 0.0985. The normalized spacial score (nSPS) is 17.9. The zero-order chi connectivity index (χ0) is 11.7. The predicted octanol–water partition coefficient (Wildman–Crippen LogP) is 1.60. The summed E-state index contributed by atoms with van der Waals surface area (Å²) in [5.74, 6) is -1.51. The van der Waals surface area contributed by atoms with Crippen LogP contribution in [0.1, 0.15) is 28.4 Å². The number of benzene rings is 1. The number of esters is 2. The van der Waals surface area contributed by atoms with E-state index < -0.39 is 23.9 Å². The van der Waals surface area contributed by atoms with Crippen molar-refractivity contribution in [2.45, 2.75) is 12.5 Å². The van der Waals surface area contributed by atoms with Crippen molar-refractivity contribution in [2.24, 2.45) is 0 Å². The quantitative estimate of drug-likeness (QED) is 0.716. The molecule has 0 fully saturated rings. The monoisotopic (exact) mass is 224 g/mol. The molecule has 0 aromatic heterocycles. The fourth-order valence-electron chi connectivity index (χ4n) is 1.63. The van der Waals surface area contributed by atoms with E-state index in [4.69, 9.17) is 4.74 Å². The number of hydrogen-bond donors (Lipinski definition) is 0. The van der Waals surface area contributed by atoms with Crippen LogP contribution in [0.15, 0.2) is 18.2 Å². The van der Waals surface area contributed by atoms with E-state index >= 15 is 0 Å². The van der Waals surface area contributed by atoms with Gasteiger partial charge in [0.1, 0.15) is 11.9 Å². The fraction of sp³-hybridized carbons (Fsp3) is 0.273. The lowest BCUT2D eigenvalue weighted by molar-refractivity contribution is -0.142. The first-order valence-electron chi connectivity index (χ1n) is 4.69. The molecule has 0 amide bonds. The third kappa shape index (κ3) is 1.76. The van der Waals surface area contributed by atoms with Crippen LogP contribution in [0.25, 0.3) is 0 Å². The van der Waals surface area contributed by atoms with Gasteiger partial charge in [-0.05, 0) is 18.2 Å². The fourth-order valence-corrected chi connectivity index (χ4v) is 1.63. The minimum Gasteiger partial charge on any atom is -0.469 e. The SMILES string of the molecule is COC(=O)CC1OC(=O)c2ccc(F)cc21. The minimum atomic E-state index is -0.745. The molecule has 0 spiro atoms. The molecule has 5 heteroatoms. The highest BCUT2D eigenvalue weighted by atomic mass is 19.1. The van der Waals surface area contributed by atoms with Crippen LogP contribution < -0.4 is 0 Å². The Kier molecular flexibility index (Phi) is 2.60. The molecule has 0 bridgehead atoms. The van der Waals surface area contributed by atoms with Crippen molar-refractivity contribution in [2.75, 3.05) is 7.11 Å². The molecule has 1 aliphatic rings. The van der Waals surface area contributed by atoms with Gasteiger partial charge < -0.3 is 9.47 Å². The first-order valence-corrected chi connectivity index (χ1v) is 4.69. The van der Waals surface area contributed by atoms with Crippen molar-refractivity contribution < 1.29 is 23.5 Å². The third-order valence-corrected chi connectivity index (χ3v) is 2.41. The zero-order valence-electron chi connectivity index (χ0n) is 8.53. The van der Waals surface area contributed by atoms with Crippen molar-refractivity contribution in [3.8, 4) is 0 Å². The summed E-state index contributed by atoms with van der Waals surface area (Å²) in [6.45, 7) is 0. The number of methoxy groups -OCH3 is 1. The smallest absolute Gasteiger partial charge is 0.339 e. The number of ether oxygens (including phenoxy) is 2. The molecule has 16 heavy (non-hydrogen) atoms. The van der Waals surface area contributed by atoms with Gasteiger partial charge in [0.05, 0.1) is 19.1 Å². The highest BCUT2D eigenvalue weighted by molar-refractivity contribution is 5.94. The van der Waals surface area contributed by atoms with E-state index in [0.29, 0.717) is 11.1 Å². The zero-order valence-corrected chi connectivity index (χ0v) is 8.53. The molecule has 84 valence electrons. The second kappa shape index (κ2) is 3.92. The summed E-state index contributed by atoms with van der Waals surface area (Å²) in [5.41, 5.74) is 0.700. The predicted molar refractivity (Wildman–Crippen MR) is 51.2 cm³/mol. The maximum atomic E-state index is 13.0. The Hall–Kier alpha value is -1.91. The summed E-state index contributed by atoms with van der Waals surface area (Å²) in [4.78, 5) is 22.4. The molecular weight excluding hydrogens is 215 g/mol. The summed E-state index contributed by atoms with van der Waals surface area (Å²) < 4.78 is 22.4. The first-order chi connectivity index (χ1) is 7.61. The molecule has 1 heterocycles. The first kappa shape index (κ1) is 10.6. The Morgan fingerprint density at radius 1 is 1.56 bits per heavy atom. The second-order valence-corrected chi connectivity index (χ2v) is 3.41. The molecule has 4 nitrogen and oxygen atoms in total. The van der Waals surface area contributed by atoms with Crippen LogP contribution in [0, 0.1) is 5.82 Å². The number of rotatable bonds is 2. The van der Waals surface area contributed by atoms with E-state index in [9.17, 15) is 14.0 Å². The van der Waals surface area contributed by atoms with Crippen molar-refractivity contribution in [1.29, 1.82) is 0 Å². The Morgan fingerprint density at radius 3 is 3.00 bits per heavy atom. The molecule has 1 aliphatic heterocycles. The van der Waals surface area contributed by atoms with Gasteiger partial charge in [-0.2, -0.15) is 0 Å². The maximum absolute atomic E-state index is 13.0. The van der Waals surface area contributed by atoms with E-state index in [1.165, 1.54) is 25.3 Å². The van der Waals surface area contributed by atoms with Crippen molar-refractivity contribution in [1.82, 2.24) is 0 Å². The van der Waals surface area contributed by atoms with Gasteiger partial charge in [-0.25, -0.2) is 9.18 Å². The van der Waals surface area contributed by atoms with Crippen LogP contribution in [0.4, 0.5) is 4.39 Å². The molecule has 1 aromatic rings. The van der Waals surface area contributed by atoms with Gasteiger partial charge in [0.15, 0.2) is 0 Å². The van der Waals surface area contributed by atoms with Crippen LogP contribution >= 0.6 is 0 Å². The Morgan fingerprint density at radius 2 is 2.31 bits per heavy atom. The molecule has 0 saturated heterocycles. The number of halogens is 1. The second-order valence-electron chi connectivity index (χ2n) is 3.41. The van der Waals surface area contributed by atoms with Crippen LogP contribution in [0.2, 0.25) is 0 Å². The van der Waals surface area contributed by atoms with E-state index in [1.807, 2.05) is 0 Å². The lowest BCUT2D eigenvalue weighted by Gasteiger charge is -2.08. The summed E-state index contributed by atoms with van der Waals surface area (Å²) in [6.07, 6.45) is -0.843. The third-order valence-electron chi connectivity index (χ3n) is 2.41. The van der Waals surface area contributed by atoms with Crippen molar-refractivity contribution >= 4 is 11.9 Å². The summed E-state index contributed by atoms with van der Waals surface area (Å²) >= 11 is 0. The average molecular weight is 224 g/mol. The molecule has 0 radical (unpaired) electrons. The highest BCUT2D eigenvalue weighted by Gasteiger charge is 2.33.